The molecule has 14 heavy (non-hydrogen) atoms. The summed E-state index contributed by atoms with van der Waals surface area (Å²) in [5.41, 5.74) is -1.47. The highest BCUT2D eigenvalue weighted by Gasteiger charge is 2.37. The van der Waals surface area contributed by atoms with Gasteiger partial charge in [0.25, 0.3) is 0 Å². The maximum Gasteiger partial charge on any atom is 0.308 e. The van der Waals surface area contributed by atoms with Gasteiger partial charge < -0.3 is 9.84 Å². The number of esters is 1. The molecule has 1 aliphatic rings. The van der Waals surface area contributed by atoms with Crippen LogP contribution < -0.4 is 0 Å². The molecule has 0 spiro atoms. The first kappa shape index (κ1) is 11.4. The number of alkyl halides is 1. The minimum Gasteiger partial charge on any atom is -0.466 e. The second-order valence-electron chi connectivity index (χ2n) is 3.84. The first-order valence-electron chi connectivity index (χ1n) is 5.08. The molecule has 0 aromatic carbocycles. The van der Waals surface area contributed by atoms with Crippen LogP contribution in [0.3, 0.4) is 0 Å². The van der Waals surface area contributed by atoms with Crippen LogP contribution in [0.1, 0.15) is 32.6 Å². The van der Waals surface area contributed by atoms with Crippen LogP contribution >= 0.6 is 0 Å². The Morgan fingerprint density at radius 2 is 2.14 bits per heavy atom. The van der Waals surface area contributed by atoms with Crippen LogP contribution in [0.25, 0.3) is 0 Å². The van der Waals surface area contributed by atoms with Crippen LogP contribution in [-0.2, 0) is 9.53 Å². The van der Waals surface area contributed by atoms with Crippen LogP contribution in [0.15, 0.2) is 0 Å². The number of aliphatic hydroxyl groups excluding tert-OH is 1. The van der Waals surface area contributed by atoms with E-state index in [2.05, 4.69) is 0 Å². The molecule has 0 amide bonds. The number of aliphatic hydroxyl groups is 1. The first-order valence-corrected chi connectivity index (χ1v) is 5.08. The van der Waals surface area contributed by atoms with Gasteiger partial charge in [0.15, 0.2) is 0 Å². The predicted molar refractivity (Wildman–Crippen MR) is 49.5 cm³/mol. The highest BCUT2D eigenvalue weighted by atomic mass is 19.1. The second kappa shape index (κ2) is 4.73. The summed E-state index contributed by atoms with van der Waals surface area (Å²) in [6, 6.07) is 0. The molecular weight excluding hydrogens is 187 g/mol. The Morgan fingerprint density at radius 1 is 1.57 bits per heavy atom. The Hall–Kier alpha value is -0.640. The van der Waals surface area contributed by atoms with Crippen LogP contribution in [0, 0.1) is 5.92 Å². The Kier molecular flexibility index (Phi) is 3.86. The molecule has 1 fully saturated rings. The van der Waals surface area contributed by atoms with Gasteiger partial charge in [-0.3, -0.25) is 4.79 Å². The summed E-state index contributed by atoms with van der Waals surface area (Å²) in [6.07, 6.45) is 1.48. The summed E-state index contributed by atoms with van der Waals surface area (Å²) >= 11 is 0. The van der Waals surface area contributed by atoms with Gasteiger partial charge >= 0.3 is 5.97 Å². The van der Waals surface area contributed by atoms with Crippen LogP contribution in [-0.4, -0.2) is 30.0 Å². The predicted octanol–water partition coefficient (Wildman–Crippen LogP) is 1.44. The molecule has 0 radical (unpaired) electrons. The molecule has 0 atom stereocenters. The summed E-state index contributed by atoms with van der Waals surface area (Å²) in [5, 5.41) is 8.79. The molecule has 0 saturated heterocycles. The fourth-order valence-corrected chi connectivity index (χ4v) is 1.79. The molecule has 1 N–H and O–H groups in total. The molecule has 0 aliphatic heterocycles. The number of hydrogen-bond donors (Lipinski definition) is 1. The second-order valence-corrected chi connectivity index (χ2v) is 3.84. The number of halogens is 1. The molecule has 4 heteroatoms. The van der Waals surface area contributed by atoms with E-state index in [9.17, 15) is 9.18 Å². The number of carbonyl (C=O) groups excluding carboxylic acids is 1. The summed E-state index contributed by atoms with van der Waals surface area (Å²) in [4.78, 5) is 11.3. The molecule has 0 unspecified atom stereocenters. The molecule has 82 valence electrons. The average Bonchev–Trinajstić information content (AvgIpc) is 2.19. The van der Waals surface area contributed by atoms with Crippen molar-refractivity contribution >= 4 is 5.97 Å². The molecule has 3 nitrogen and oxygen atoms in total. The zero-order valence-electron chi connectivity index (χ0n) is 8.46. The largest absolute Gasteiger partial charge is 0.466 e. The van der Waals surface area contributed by atoms with E-state index in [4.69, 9.17) is 9.84 Å². The van der Waals surface area contributed by atoms with Crippen molar-refractivity contribution in [2.45, 2.75) is 38.3 Å². The molecule has 1 saturated carbocycles. The maximum atomic E-state index is 13.5. The summed E-state index contributed by atoms with van der Waals surface area (Å²) in [5.74, 6) is -0.405. The lowest BCUT2D eigenvalue weighted by molar-refractivity contribution is -0.150. The lowest BCUT2D eigenvalue weighted by Crippen LogP contribution is -2.35. The van der Waals surface area contributed by atoms with Crippen molar-refractivity contribution in [3.63, 3.8) is 0 Å². The Morgan fingerprint density at radius 3 is 2.57 bits per heavy atom. The van der Waals surface area contributed by atoms with E-state index in [1.165, 1.54) is 0 Å². The number of carbonyl (C=O) groups is 1. The normalized spacial score (nSPS) is 32.6. The molecule has 0 aromatic rings. The number of rotatable bonds is 3. The summed E-state index contributed by atoms with van der Waals surface area (Å²) in [6.45, 7) is 1.69. The summed E-state index contributed by atoms with van der Waals surface area (Å²) < 4.78 is 18.4. The molecule has 1 rings (SSSR count). The maximum absolute atomic E-state index is 13.5. The van der Waals surface area contributed by atoms with Crippen molar-refractivity contribution in [3.8, 4) is 0 Å². The van der Waals surface area contributed by atoms with Crippen LogP contribution in [0.5, 0.6) is 0 Å². The third kappa shape index (κ3) is 2.67. The van der Waals surface area contributed by atoms with Gasteiger partial charge in [-0.1, -0.05) is 0 Å². The third-order valence-electron chi connectivity index (χ3n) is 2.78. The van der Waals surface area contributed by atoms with Crippen LogP contribution in [0.2, 0.25) is 0 Å². The van der Waals surface area contributed by atoms with Gasteiger partial charge in [0.2, 0.25) is 0 Å². The van der Waals surface area contributed by atoms with Gasteiger partial charge in [-0.05, 0) is 32.6 Å². The average molecular weight is 204 g/mol. The van der Waals surface area contributed by atoms with Gasteiger partial charge in [-0.15, -0.1) is 0 Å². The lowest BCUT2D eigenvalue weighted by Gasteiger charge is -2.31. The molecule has 0 heterocycles. The molecule has 1 aliphatic carbocycles. The van der Waals surface area contributed by atoms with E-state index in [-0.39, 0.29) is 24.7 Å². The quantitative estimate of drug-likeness (QED) is 0.707. The van der Waals surface area contributed by atoms with E-state index in [0.29, 0.717) is 19.4 Å². The van der Waals surface area contributed by atoms with E-state index in [1.54, 1.807) is 6.92 Å². The molecular formula is C10H17FO3. The van der Waals surface area contributed by atoms with Crippen molar-refractivity contribution < 1.29 is 19.0 Å². The Labute approximate surface area is 83.3 Å². The summed E-state index contributed by atoms with van der Waals surface area (Å²) in [7, 11) is 0. The van der Waals surface area contributed by atoms with Crippen molar-refractivity contribution in [1.29, 1.82) is 0 Å². The van der Waals surface area contributed by atoms with Gasteiger partial charge in [0.05, 0.1) is 19.1 Å². The van der Waals surface area contributed by atoms with Crippen molar-refractivity contribution in [2.24, 2.45) is 5.92 Å². The SMILES string of the molecule is CCOC(=O)[C@H]1CC[C@](F)(CO)CC1. The topological polar surface area (TPSA) is 46.5 Å². The smallest absolute Gasteiger partial charge is 0.308 e. The zero-order chi connectivity index (χ0) is 10.6. The van der Waals surface area contributed by atoms with Crippen molar-refractivity contribution in [1.82, 2.24) is 0 Å². The van der Waals surface area contributed by atoms with Gasteiger partial charge in [-0.2, -0.15) is 0 Å². The van der Waals surface area contributed by atoms with E-state index in [1.807, 2.05) is 0 Å². The lowest BCUT2D eigenvalue weighted by atomic mass is 9.80. The van der Waals surface area contributed by atoms with Gasteiger partial charge in [-0.25, -0.2) is 4.39 Å². The van der Waals surface area contributed by atoms with Gasteiger partial charge in [0.1, 0.15) is 5.67 Å². The minimum atomic E-state index is -1.47. The third-order valence-corrected chi connectivity index (χ3v) is 2.78. The monoisotopic (exact) mass is 204 g/mol. The number of hydrogen-bond acceptors (Lipinski definition) is 3. The van der Waals surface area contributed by atoms with Crippen molar-refractivity contribution in [3.05, 3.63) is 0 Å². The van der Waals surface area contributed by atoms with Crippen LogP contribution in [0.4, 0.5) is 4.39 Å². The Bertz CT molecular complexity index is 198. The van der Waals surface area contributed by atoms with Crippen molar-refractivity contribution in [2.75, 3.05) is 13.2 Å². The molecule has 0 aromatic heterocycles. The molecule has 0 bridgehead atoms. The fraction of sp³-hybridized carbons (Fsp3) is 0.900. The fourth-order valence-electron chi connectivity index (χ4n) is 1.79. The highest BCUT2D eigenvalue weighted by molar-refractivity contribution is 5.72. The van der Waals surface area contributed by atoms with E-state index in [0.717, 1.165) is 0 Å². The van der Waals surface area contributed by atoms with Gasteiger partial charge in [0, 0.05) is 0 Å². The zero-order valence-corrected chi connectivity index (χ0v) is 8.46. The Balaban J connectivity index is 2.39. The van der Waals surface area contributed by atoms with E-state index < -0.39 is 12.3 Å². The standard InChI is InChI=1S/C10H17FO3/c1-2-14-9(13)8-3-5-10(11,7-12)6-4-8/h8,12H,2-7H2,1H3/t8-,10+. The highest BCUT2D eigenvalue weighted by Crippen LogP contribution is 2.35. The first-order chi connectivity index (χ1) is 6.61. The van der Waals surface area contributed by atoms with E-state index >= 15 is 0 Å². The minimum absolute atomic E-state index is 0.176. The number of ether oxygens (including phenoxy) is 1.